The van der Waals surface area contributed by atoms with Gasteiger partial charge >= 0.3 is 0 Å². The van der Waals surface area contributed by atoms with Gasteiger partial charge in [0.05, 0.1) is 0 Å². The number of nitrogens with zero attached hydrogens (tertiary/aromatic N) is 1. The molecule has 2 aromatic rings. The van der Waals surface area contributed by atoms with Gasteiger partial charge in [0, 0.05) is 29.1 Å². The zero-order valence-corrected chi connectivity index (χ0v) is 13.8. The van der Waals surface area contributed by atoms with Gasteiger partial charge in [-0.05, 0) is 70.1 Å². The number of hydrogen-bond acceptors (Lipinski definition) is 2. The van der Waals surface area contributed by atoms with Crippen LogP contribution in [0.25, 0.3) is 10.9 Å². The summed E-state index contributed by atoms with van der Waals surface area (Å²) in [4.78, 5) is 17.8. The number of aromatic amines is 1. The number of aryl methyl sites for hydroxylation is 1. The van der Waals surface area contributed by atoms with E-state index in [1.807, 2.05) is 14.1 Å². The van der Waals surface area contributed by atoms with Crippen LogP contribution in [0.5, 0.6) is 0 Å². The third-order valence-electron chi connectivity index (χ3n) is 4.60. The minimum Gasteiger partial charge on any atom is -0.358 e. The highest BCUT2D eigenvalue weighted by molar-refractivity contribution is 5.87. The van der Waals surface area contributed by atoms with Crippen molar-refractivity contribution in [2.45, 2.75) is 25.7 Å². The van der Waals surface area contributed by atoms with Gasteiger partial charge in [0.25, 0.3) is 0 Å². The Hall–Kier alpha value is -1.88. The Bertz CT molecular complexity index is 708. The lowest BCUT2D eigenvalue weighted by Crippen LogP contribution is -2.35. The van der Waals surface area contributed by atoms with Crippen LogP contribution in [0, 0.1) is 11.7 Å². The van der Waals surface area contributed by atoms with Crippen LogP contribution in [-0.4, -0.2) is 43.0 Å². The van der Waals surface area contributed by atoms with Crippen molar-refractivity contribution in [3.8, 4) is 0 Å². The first-order chi connectivity index (χ1) is 11.0. The fourth-order valence-electron chi connectivity index (χ4n) is 3.36. The van der Waals surface area contributed by atoms with Crippen molar-refractivity contribution in [1.82, 2.24) is 15.2 Å². The highest BCUT2D eigenvalue weighted by Crippen LogP contribution is 2.32. The predicted molar refractivity (Wildman–Crippen MR) is 90.0 cm³/mol. The number of benzene rings is 1. The minimum atomic E-state index is -0.227. The molecule has 0 radical (unpaired) electrons. The molecule has 1 unspecified atom stereocenters. The Morgan fingerprint density at radius 1 is 1.43 bits per heavy atom. The normalized spacial score (nSPS) is 17.5. The van der Waals surface area contributed by atoms with Crippen LogP contribution in [0.15, 0.2) is 18.2 Å². The third-order valence-corrected chi connectivity index (χ3v) is 4.60. The lowest BCUT2D eigenvalue weighted by molar-refractivity contribution is -0.125. The number of fused-ring (bicyclic) bond motifs is 3. The summed E-state index contributed by atoms with van der Waals surface area (Å²) in [5.41, 5.74) is 3.23. The lowest BCUT2D eigenvalue weighted by Gasteiger charge is -2.22. The molecule has 5 heteroatoms. The first-order valence-corrected chi connectivity index (χ1v) is 8.26. The molecule has 0 fully saturated rings. The van der Waals surface area contributed by atoms with Crippen molar-refractivity contribution < 1.29 is 9.18 Å². The van der Waals surface area contributed by atoms with E-state index in [9.17, 15) is 9.18 Å². The van der Waals surface area contributed by atoms with E-state index in [0.29, 0.717) is 13.0 Å². The molecule has 1 aliphatic rings. The van der Waals surface area contributed by atoms with Crippen LogP contribution in [-0.2, 0) is 17.6 Å². The van der Waals surface area contributed by atoms with E-state index in [2.05, 4.69) is 15.2 Å². The van der Waals surface area contributed by atoms with Crippen LogP contribution in [0.1, 0.15) is 24.1 Å². The van der Waals surface area contributed by atoms with Crippen LogP contribution >= 0.6 is 0 Å². The quantitative estimate of drug-likeness (QED) is 0.832. The van der Waals surface area contributed by atoms with Gasteiger partial charge in [-0.25, -0.2) is 4.39 Å². The monoisotopic (exact) mass is 317 g/mol. The summed E-state index contributed by atoms with van der Waals surface area (Å²) < 4.78 is 13.5. The summed E-state index contributed by atoms with van der Waals surface area (Å²) in [7, 11) is 4.06. The Balaban J connectivity index is 1.66. The van der Waals surface area contributed by atoms with Crippen LogP contribution in [0.4, 0.5) is 4.39 Å². The van der Waals surface area contributed by atoms with Gasteiger partial charge in [0.1, 0.15) is 5.82 Å². The molecule has 1 amide bonds. The molecule has 0 aliphatic heterocycles. The van der Waals surface area contributed by atoms with E-state index in [4.69, 9.17) is 0 Å². The fourth-order valence-corrected chi connectivity index (χ4v) is 3.36. The maximum absolute atomic E-state index is 13.5. The number of carbonyl (C=O) groups excluding carboxylic acids is 1. The number of halogens is 1. The number of rotatable bonds is 5. The molecule has 0 saturated carbocycles. The average molecular weight is 317 g/mol. The number of H-pyrrole nitrogens is 1. The molecule has 3 rings (SSSR count). The lowest BCUT2D eigenvalue weighted by atomic mass is 9.86. The summed E-state index contributed by atoms with van der Waals surface area (Å²) in [6.45, 7) is 1.68. The molecule has 1 aliphatic carbocycles. The van der Waals surface area contributed by atoms with Crippen LogP contribution < -0.4 is 5.32 Å². The van der Waals surface area contributed by atoms with Crippen LogP contribution in [0.2, 0.25) is 0 Å². The smallest absolute Gasteiger partial charge is 0.223 e. The van der Waals surface area contributed by atoms with E-state index in [1.165, 1.54) is 6.07 Å². The zero-order chi connectivity index (χ0) is 16.4. The minimum absolute atomic E-state index is 0.0101. The molecule has 2 N–H and O–H groups in total. The van der Waals surface area contributed by atoms with Crippen molar-refractivity contribution in [3.63, 3.8) is 0 Å². The summed E-state index contributed by atoms with van der Waals surface area (Å²) in [6, 6.07) is 4.82. The van der Waals surface area contributed by atoms with Crippen molar-refractivity contribution in [2.24, 2.45) is 5.92 Å². The molecule has 23 heavy (non-hydrogen) atoms. The molecule has 1 atom stereocenters. The van der Waals surface area contributed by atoms with Crippen molar-refractivity contribution in [3.05, 3.63) is 35.3 Å². The molecule has 124 valence electrons. The van der Waals surface area contributed by atoms with Gasteiger partial charge in [0.15, 0.2) is 0 Å². The SMILES string of the molecule is CN(C)CCCNC(=O)C1CCc2[nH]c3ccc(F)cc3c2C1. The zero-order valence-electron chi connectivity index (χ0n) is 13.8. The first kappa shape index (κ1) is 16.0. The van der Waals surface area contributed by atoms with Gasteiger partial charge in [-0.2, -0.15) is 0 Å². The number of amides is 1. The van der Waals surface area contributed by atoms with Crippen molar-refractivity contribution >= 4 is 16.8 Å². The average Bonchev–Trinajstić information content (AvgIpc) is 2.88. The highest BCUT2D eigenvalue weighted by atomic mass is 19.1. The molecule has 1 aromatic heterocycles. The Kier molecular flexibility index (Phi) is 4.66. The van der Waals surface area contributed by atoms with E-state index < -0.39 is 0 Å². The standard InChI is InChI=1S/C18H24FN3O/c1-22(2)9-3-8-20-18(23)12-4-6-16-14(10-12)15-11-13(19)5-7-17(15)21-16/h5,7,11-12,21H,3-4,6,8-10H2,1-2H3,(H,20,23). The number of nitrogens with one attached hydrogen (secondary N) is 2. The van der Waals surface area contributed by atoms with Gasteiger partial charge in [-0.15, -0.1) is 0 Å². The maximum Gasteiger partial charge on any atom is 0.223 e. The molecule has 4 nitrogen and oxygen atoms in total. The second-order valence-electron chi connectivity index (χ2n) is 6.66. The molecular weight excluding hydrogens is 293 g/mol. The summed E-state index contributed by atoms with van der Waals surface area (Å²) in [5.74, 6) is -0.112. The van der Waals surface area contributed by atoms with Crippen molar-refractivity contribution in [2.75, 3.05) is 27.2 Å². The summed E-state index contributed by atoms with van der Waals surface area (Å²) in [6.07, 6.45) is 3.34. The summed E-state index contributed by atoms with van der Waals surface area (Å²) >= 11 is 0. The first-order valence-electron chi connectivity index (χ1n) is 8.26. The number of carbonyl (C=O) groups is 1. The van der Waals surface area contributed by atoms with Gasteiger partial charge in [-0.1, -0.05) is 0 Å². The van der Waals surface area contributed by atoms with Gasteiger partial charge in [0.2, 0.25) is 5.91 Å². The number of hydrogen-bond donors (Lipinski definition) is 2. The second-order valence-corrected chi connectivity index (χ2v) is 6.66. The maximum atomic E-state index is 13.5. The van der Waals surface area contributed by atoms with Gasteiger partial charge in [-0.3, -0.25) is 4.79 Å². The fraction of sp³-hybridized carbons (Fsp3) is 0.500. The molecule has 1 aromatic carbocycles. The Labute approximate surface area is 136 Å². The second kappa shape index (κ2) is 6.71. The van der Waals surface area contributed by atoms with Crippen LogP contribution in [0.3, 0.4) is 0 Å². The Morgan fingerprint density at radius 3 is 3.04 bits per heavy atom. The molecule has 0 spiro atoms. The topological polar surface area (TPSA) is 48.1 Å². The molecule has 0 bridgehead atoms. The van der Waals surface area contributed by atoms with Gasteiger partial charge < -0.3 is 15.2 Å². The number of aromatic nitrogens is 1. The summed E-state index contributed by atoms with van der Waals surface area (Å²) in [5, 5.41) is 3.96. The van der Waals surface area contributed by atoms with Crippen molar-refractivity contribution in [1.29, 1.82) is 0 Å². The highest BCUT2D eigenvalue weighted by Gasteiger charge is 2.27. The predicted octanol–water partition coefficient (Wildman–Crippen LogP) is 2.48. The molecule has 1 heterocycles. The van der Waals surface area contributed by atoms with E-state index in [1.54, 1.807) is 12.1 Å². The molecular formula is C18H24FN3O. The van der Waals surface area contributed by atoms with E-state index in [0.717, 1.165) is 48.0 Å². The third kappa shape index (κ3) is 3.55. The van der Waals surface area contributed by atoms with E-state index >= 15 is 0 Å². The largest absolute Gasteiger partial charge is 0.358 e. The molecule has 0 saturated heterocycles. The van der Waals surface area contributed by atoms with E-state index in [-0.39, 0.29) is 17.6 Å². The Morgan fingerprint density at radius 2 is 2.26 bits per heavy atom.